The molecule has 0 spiro atoms. The number of carbonyl (C=O) groups is 1. The van der Waals surface area contributed by atoms with Crippen LogP contribution in [0.15, 0.2) is 40.1 Å². The molecular formula is C19H16ClF3N4O4. The van der Waals surface area contributed by atoms with Crippen LogP contribution in [0.25, 0.3) is 11.0 Å². The lowest BCUT2D eigenvalue weighted by atomic mass is 10.2. The maximum atomic E-state index is 12.9. The Morgan fingerprint density at radius 3 is 2.61 bits per heavy atom. The summed E-state index contributed by atoms with van der Waals surface area (Å²) in [6.07, 6.45) is -3.27. The Morgan fingerprint density at radius 1 is 1.26 bits per heavy atom. The van der Waals surface area contributed by atoms with Crippen LogP contribution in [0.1, 0.15) is 12.5 Å². The third-order valence-corrected chi connectivity index (χ3v) is 4.69. The summed E-state index contributed by atoms with van der Waals surface area (Å²) in [7, 11) is 1.37. The van der Waals surface area contributed by atoms with E-state index in [2.05, 4.69) is 10.3 Å². The summed E-state index contributed by atoms with van der Waals surface area (Å²) in [5, 5.41) is 2.07. The third kappa shape index (κ3) is 4.41. The number of benzene rings is 1. The molecule has 0 saturated carbocycles. The van der Waals surface area contributed by atoms with Gasteiger partial charge in [0.2, 0.25) is 5.91 Å². The van der Waals surface area contributed by atoms with Crippen LogP contribution in [0.5, 0.6) is 5.75 Å². The van der Waals surface area contributed by atoms with E-state index in [9.17, 15) is 27.6 Å². The highest BCUT2D eigenvalue weighted by atomic mass is 35.5. The first-order valence-corrected chi connectivity index (χ1v) is 9.30. The van der Waals surface area contributed by atoms with E-state index in [1.54, 1.807) is 6.92 Å². The molecule has 8 nitrogen and oxygen atoms in total. The molecule has 0 fully saturated rings. The van der Waals surface area contributed by atoms with Gasteiger partial charge in [-0.1, -0.05) is 11.6 Å². The number of pyridine rings is 1. The number of amides is 1. The van der Waals surface area contributed by atoms with E-state index in [4.69, 9.17) is 16.3 Å². The number of nitrogens with one attached hydrogen (secondary N) is 1. The zero-order valence-corrected chi connectivity index (χ0v) is 17.0. The smallest absolute Gasteiger partial charge is 0.416 e. The number of hydrogen-bond acceptors (Lipinski definition) is 5. The van der Waals surface area contributed by atoms with Crippen molar-refractivity contribution in [1.29, 1.82) is 0 Å². The van der Waals surface area contributed by atoms with Crippen LogP contribution >= 0.6 is 11.6 Å². The van der Waals surface area contributed by atoms with Gasteiger partial charge in [-0.3, -0.25) is 14.2 Å². The molecule has 0 atom stereocenters. The summed E-state index contributed by atoms with van der Waals surface area (Å²) in [5.74, 6) is -0.732. The van der Waals surface area contributed by atoms with Crippen molar-refractivity contribution in [2.75, 3.05) is 11.9 Å². The predicted octanol–water partition coefficient (Wildman–Crippen LogP) is 2.80. The number of halogens is 4. The van der Waals surface area contributed by atoms with Gasteiger partial charge >= 0.3 is 11.9 Å². The van der Waals surface area contributed by atoms with Crippen LogP contribution in [0.3, 0.4) is 0 Å². The fourth-order valence-corrected chi connectivity index (χ4v) is 3.09. The van der Waals surface area contributed by atoms with Gasteiger partial charge < -0.3 is 10.1 Å². The van der Waals surface area contributed by atoms with Gasteiger partial charge in [0.1, 0.15) is 17.7 Å². The number of alkyl halides is 3. The maximum Gasteiger partial charge on any atom is 0.416 e. The van der Waals surface area contributed by atoms with Crippen molar-refractivity contribution in [2.45, 2.75) is 19.6 Å². The standard InChI is InChI=1S/C19H16ClF3N4O4/c1-3-31-13-6-7-24-16-15(13)17(29)27(18(30)26(16)2)9-14(28)25-12-8-10(19(21,22)23)4-5-11(12)20/h4-8H,3,9H2,1-2H3,(H,25,28). The molecule has 0 bridgehead atoms. The van der Waals surface area contributed by atoms with Crippen LogP contribution < -0.4 is 21.3 Å². The quantitative estimate of drug-likeness (QED) is 0.637. The summed E-state index contributed by atoms with van der Waals surface area (Å²) >= 11 is 5.87. The number of hydrogen-bond donors (Lipinski definition) is 1. The number of aromatic nitrogens is 3. The van der Waals surface area contributed by atoms with Crippen molar-refractivity contribution in [1.82, 2.24) is 14.1 Å². The van der Waals surface area contributed by atoms with Crippen LogP contribution in [0.2, 0.25) is 5.02 Å². The first kappa shape index (κ1) is 22.3. The van der Waals surface area contributed by atoms with Crippen molar-refractivity contribution in [3.8, 4) is 5.75 Å². The lowest BCUT2D eigenvalue weighted by Crippen LogP contribution is -2.42. The number of rotatable bonds is 5. The van der Waals surface area contributed by atoms with E-state index in [0.29, 0.717) is 10.6 Å². The topological polar surface area (TPSA) is 95.2 Å². The van der Waals surface area contributed by atoms with E-state index >= 15 is 0 Å². The average molecular weight is 457 g/mol. The molecule has 3 aromatic rings. The highest BCUT2D eigenvalue weighted by Gasteiger charge is 2.31. The molecule has 1 aromatic carbocycles. The van der Waals surface area contributed by atoms with Crippen molar-refractivity contribution < 1.29 is 22.7 Å². The van der Waals surface area contributed by atoms with Gasteiger partial charge in [0.15, 0.2) is 5.65 Å². The van der Waals surface area contributed by atoms with E-state index in [0.717, 1.165) is 16.7 Å². The van der Waals surface area contributed by atoms with Crippen molar-refractivity contribution in [3.05, 3.63) is 61.9 Å². The molecule has 0 unspecified atom stereocenters. The van der Waals surface area contributed by atoms with Crippen molar-refractivity contribution >= 4 is 34.2 Å². The van der Waals surface area contributed by atoms with Gasteiger partial charge in [0.05, 0.1) is 22.9 Å². The predicted molar refractivity (Wildman–Crippen MR) is 107 cm³/mol. The Balaban J connectivity index is 2.01. The second-order valence-electron chi connectivity index (χ2n) is 6.41. The van der Waals surface area contributed by atoms with E-state index in [1.165, 1.54) is 19.3 Å². The third-order valence-electron chi connectivity index (χ3n) is 4.36. The van der Waals surface area contributed by atoms with Gasteiger partial charge in [0, 0.05) is 13.2 Å². The Kier molecular flexibility index (Phi) is 6.07. The van der Waals surface area contributed by atoms with E-state index in [1.807, 2.05) is 0 Å². The van der Waals surface area contributed by atoms with Crippen molar-refractivity contribution in [2.24, 2.45) is 7.05 Å². The maximum absolute atomic E-state index is 12.9. The molecule has 0 aliphatic rings. The van der Waals surface area contributed by atoms with Crippen molar-refractivity contribution in [3.63, 3.8) is 0 Å². The molecule has 12 heteroatoms. The highest BCUT2D eigenvalue weighted by molar-refractivity contribution is 6.33. The Morgan fingerprint density at radius 2 is 1.97 bits per heavy atom. The van der Waals surface area contributed by atoms with Gasteiger partial charge in [0.25, 0.3) is 5.56 Å². The SMILES string of the molecule is CCOc1ccnc2c1c(=O)n(CC(=O)Nc1cc(C(F)(F)F)ccc1Cl)c(=O)n2C. The summed E-state index contributed by atoms with van der Waals surface area (Å²) in [6, 6.07) is 3.87. The second kappa shape index (κ2) is 8.42. The summed E-state index contributed by atoms with van der Waals surface area (Å²) in [6.45, 7) is 1.20. The number of anilines is 1. The molecule has 1 amide bonds. The molecule has 2 aromatic heterocycles. The number of nitrogens with zero attached hydrogens (tertiary/aromatic N) is 3. The van der Waals surface area contributed by atoms with E-state index < -0.39 is 35.4 Å². The lowest BCUT2D eigenvalue weighted by molar-refractivity contribution is -0.137. The lowest BCUT2D eigenvalue weighted by Gasteiger charge is -2.14. The number of ether oxygens (including phenoxy) is 1. The summed E-state index contributed by atoms with van der Waals surface area (Å²) in [4.78, 5) is 42.0. The minimum atomic E-state index is -4.64. The first-order chi connectivity index (χ1) is 14.5. The zero-order valence-electron chi connectivity index (χ0n) is 16.3. The molecule has 0 saturated heterocycles. The Bertz CT molecular complexity index is 1280. The fourth-order valence-electron chi connectivity index (χ4n) is 2.93. The van der Waals surface area contributed by atoms with Crippen LogP contribution in [0, 0.1) is 0 Å². The minimum absolute atomic E-state index is 0.00338. The van der Waals surface area contributed by atoms with Gasteiger partial charge in [-0.25, -0.2) is 14.3 Å². The van der Waals surface area contributed by atoms with Gasteiger partial charge in [-0.15, -0.1) is 0 Å². The molecule has 0 radical (unpaired) electrons. The molecule has 1 N–H and O–H groups in total. The number of fused-ring (bicyclic) bond motifs is 1. The number of carbonyl (C=O) groups excluding carboxylic acids is 1. The van der Waals surface area contributed by atoms with Crippen LogP contribution in [0.4, 0.5) is 18.9 Å². The highest BCUT2D eigenvalue weighted by Crippen LogP contribution is 2.33. The fraction of sp³-hybridized carbons (Fsp3) is 0.263. The second-order valence-corrected chi connectivity index (χ2v) is 6.82. The summed E-state index contributed by atoms with van der Waals surface area (Å²) < 4.78 is 45.9. The summed E-state index contributed by atoms with van der Waals surface area (Å²) in [5.41, 5.74) is -2.90. The minimum Gasteiger partial charge on any atom is -0.493 e. The molecule has 2 heterocycles. The Labute approximate surface area is 177 Å². The largest absolute Gasteiger partial charge is 0.493 e. The monoisotopic (exact) mass is 456 g/mol. The molecule has 3 rings (SSSR count). The Hall–Kier alpha value is -3.34. The van der Waals surface area contributed by atoms with Gasteiger partial charge in [-0.05, 0) is 31.2 Å². The molecule has 0 aliphatic carbocycles. The van der Waals surface area contributed by atoms with Gasteiger partial charge in [-0.2, -0.15) is 13.2 Å². The van der Waals surface area contributed by atoms with Crippen LogP contribution in [-0.2, 0) is 24.6 Å². The zero-order chi connectivity index (χ0) is 22.9. The number of aryl methyl sites for hydroxylation is 1. The normalized spacial score (nSPS) is 11.5. The first-order valence-electron chi connectivity index (χ1n) is 8.92. The molecule has 164 valence electrons. The van der Waals surface area contributed by atoms with Crippen LogP contribution in [-0.4, -0.2) is 26.6 Å². The molecular weight excluding hydrogens is 441 g/mol. The molecule has 0 aliphatic heterocycles. The molecule has 31 heavy (non-hydrogen) atoms. The van der Waals surface area contributed by atoms with E-state index in [-0.39, 0.29) is 34.1 Å². The average Bonchev–Trinajstić information content (AvgIpc) is 2.70.